The molecule has 118 valence electrons. The van der Waals surface area contributed by atoms with Crippen LogP contribution >= 0.6 is 0 Å². The van der Waals surface area contributed by atoms with Crippen molar-refractivity contribution >= 4 is 21.9 Å². The molecule has 20 heavy (non-hydrogen) atoms. The summed E-state index contributed by atoms with van der Waals surface area (Å²) >= 11 is 0. The average molecular weight is 308 g/mol. The Labute approximate surface area is 120 Å². The van der Waals surface area contributed by atoms with Crippen molar-refractivity contribution in [2.24, 2.45) is 0 Å². The van der Waals surface area contributed by atoms with Crippen molar-refractivity contribution in [3.63, 3.8) is 0 Å². The number of amides is 1. The number of carbonyl (C=O) groups excluding carboxylic acids is 1. The Morgan fingerprint density at radius 2 is 1.90 bits per heavy atom. The summed E-state index contributed by atoms with van der Waals surface area (Å²) in [4.78, 5) is 21.8. The van der Waals surface area contributed by atoms with Crippen molar-refractivity contribution in [1.29, 1.82) is 0 Å². The summed E-state index contributed by atoms with van der Waals surface area (Å²) in [5, 5.41) is 11.5. The number of hydrogen-bond donors (Lipinski definition) is 2. The number of carboxylic acids is 1. The van der Waals surface area contributed by atoms with Gasteiger partial charge in [0, 0.05) is 20.0 Å². The van der Waals surface area contributed by atoms with E-state index in [1.165, 1.54) is 13.8 Å². The fraction of sp³-hybridized carbons (Fsp3) is 0.833. The van der Waals surface area contributed by atoms with Crippen LogP contribution < -0.4 is 5.32 Å². The highest BCUT2D eigenvalue weighted by Gasteiger charge is 2.30. The summed E-state index contributed by atoms with van der Waals surface area (Å²) in [6, 6.07) is -1.14. The molecule has 0 saturated carbocycles. The Balaban J connectivity index is 4.81. The molecule has 0 aliphatic rings. The van der Waals surface area contributed by atoms with Gasteiger partial charge in [0.05, 0.1) is 5.75 Å². The van der Waals surface area contributed by atoms with Gasteiger partial charge in [-0.3, -0.25) is 9.59 Å². The molecule has 0 aliphatic carbocycles. The number of nitrogens with zero attached hydrogens (tertiary/aromatic N) is 1. The average Bonchev–Trinajstić information content (AvgIpc) is 2.33. The van der Waals surface area contributed by atoms with Crippen LogP contribution in [0.2, 0.25) is 0 Å². The highest BCUT2D eigenvalue weighted by Crippen LogP contribution is 2.10. The fourth-order valence-corrected chi connectivity index (χ4v) is 3.44. The van der Waals surface area contributed by atoms with Crippen molar-refractivity contribution in [3.05, 3.63) is 0 Å². The SMILES string of the molecule is CCCCCS(=O)(=O)N(CCNC(C)=O)C(C)C(=O)O. The van der Waals surface area contributed by atoms with Crippen molar-refractivity contribution in [3.8, 4) is 0 Å². The van der Waals surface area contributed by atoms with Crippen LogP contribution in [0.15, 0.2) is 0 Å². The molecule has 0 spiro atoms. The van der Waals surface area contributed by atoms with E-state index in [9.17, 15) is 18.0 Å². The molecule has 8 heteroatoms. The number of carbonyl (C=O) groups is 2. The van der Waals surface area contributed by atoms with Crippen LogP contribution in [-0.4, -0.2) is 54.6 Å². The fourth-order valence-electron chi connectivity index (χ4n) is 1.69. The maximum absolute atomic E-state index is 12.2. The van der Waals surface area contributed by atoms with Gasteiger partial charge in [0.25, 0.3) is 0 Å². The van der Waals surface area contributed by atoms with Crippen LogP contribution in [0.5, 0.6) is 0 Å². The maximum Gasteiger partial charge on any atom is 0.321 e. The topological polar surface area (TPSA) is 104 Å². The van der Waals surface area contributed by atoms with E-state index in [1.807, 2.05) is 6.92 Å². The highest BCUT2D eigenvalue weighted by atomic mass is 32.2. The van der Waals surface area contributed by atoms with E-state index >= 15 is 0 Å². The van der Waals surface area contributed by atoms with Gasteiger partial charge in [-0.1, -0.05) is 19.8 Å². The third-order valence-electron chi connectivity index (χ3n) is 2.86. The van der Waals surface area contributed by atoms with E-state index in [2.05, 4.69) is 5.32 Å². The van der Waals surface area contributed by atoms with E-state index in [4.69, 9.17) is 5.11 Å². The third kappa shape index (κ3) is 6.85. The van der Waals surface area contributed by atoms with Crippen molar-refractivity contribution in [1.82, 2.24) is 9.62 Å². The molecule has 1 atom stereocenters. The zero-order chi connectivity index (χ0) is 15.8. The summed E-state index contributed by atoms with van der Waals surface area (Å²) in [5.74, 6) is -1.55. The van der Waals surface area contributed by atoms with Gasteiger partial charge in [0.15, 0.2) is 0 Å². The van der Waals surface area contributed by atoms with E-state index in [0.29, 0.717) is 6.42 Å². The Hall–Kier alpha value is -1.15. The molecule has 0 fully saturated rings. The third-order valence-corrected chi connectivity index (χ3v) is 4.88. The minimum atomic E-state index is -3.64. The number of nitrogens with one attached hydrogen (secondary N) is 1. The van der Waals surface area contributed by atoms with E-state index in [-0.39, 0.29) is 24.7 Å². The summed E-state index contributed by atoms with van der Waals surface area (Å²) in [7, 11) is -3.64. The van der Waals surface area contributed by atoms with Crippen molar-refractivity contribution < 1.29 is 23.1 Å². The van der Waals surface area contributed by atoms with Gasteiger partial charge < -0.3 is 10.4 Å². The first-order valence-electron chi connectivity index (χ1n) is 6.69. The number of hydrogen-bond acceptors (Lipinski definition) is 4. The van der Waals surface area contributed by atoms with Crippen LogP contribution in [0.4, 0.5) is 0 Å². The van der Waals surface area contributed by atoms with Crippen LogP contribution in [-0.2, 0) is 19.6 Å². The summed E-state index contributed by atoms with van der Waals surface area (Å²) in [6.45, 7) is 4.66. The van der Waals surface area contributed by atoms with E-state index in [0.717, 1.165) is 17.1 Å². The molecule has 0 aromatic heterocycles. The number of rotatable bonds is 10. The van der Waals surface area contributed by atoms with Gasteiger partial charge in [-0.25, -0.2) is 8.42 Å². The zero-order valence-electron chi connectivity index (χ0n) is 12.3. The first kappa shape index (κ1) is 18.9. The second kappa shape index (κ2) is 8.91. The molecule has 0 heterocycles. The molecule has 2 N–H and O–H groups in total. The maximum atomic E-state index is 12.2. The van der Waals surface area contributed by atoms with Crippen LogP contribution in [0.25, 0.3) is 0 Å². The van der Waals surface area contributed by atoms with Crippen LogP contribution in [0.3, 0.4) is 0 Å². The molecule has 7 nitrogen and oxygen atoms in total. The molecular weight excluding hydrogens is 284 g/mol. The molecule has 0 radical (unpaired) electrons. The molecule has 1 amide bonds. The Bertz CT molecular complexity index is 422. The lowest BCUT2D eigenvalue weighted by Crippen LogP contribution is -2.47. The standard InChI is InChI=1S/C12H24N2O5S/c1-4-5-6-9-20(18,19)14(10(2)12(16)17)8-7-13-11(3)15/h10H,4-9H2,1-3H3,(H,13,15)(H,16,17). The van der Waals surface area contributed by atoms with Gasteiger partial charge in [-0.05, 0) is 13.3 Å². The molecule has 0 aliphatic heterocycles. The molecule has 0 bridgehead atoms. The monoisotopic (exact) mass is 308 g/mol. The summed E-state index contributed by atoms with van der Waals surface area (Å²) < 4.78 is 25.3. The van der Waals surface area contributed by atoms with Gasteiger partial charge >= 0.3 is 5.97 Å². The molecular formula is C12H24N2O5S. The molecule has 0 aromatic carbocycles. The lowest BCUT2D eigenvalue weighted by atomic mass is 10.3. The second-order valence-electron chi connectivity index (χ2n) is 4.63. The summed E-state index contributed by atoms with van der Waals surface area (Å²) in [6.07, 6.45) is 2.16. The lowest BCUT2D eigenvalue weighted by molar-refractivity contribution is -0.140. The van der Waals surface area contributed by atoms with Gasteiger partial charge in [-0.2, -0.15) is 4.31 Å². The Morgan fingerprint density at radius 1 is 1.30 bits per heavy atom. The minimum absolute atomic E-state index is 0.0402. The zero-order valence-corrected chi connectivity index (χ0v) is 13.1. The smallest absolute Gasteiger partial charge is 0.321 e. The second-order valence-corrected chi connectivity index (χ2v) is 6.67. The number of carboxylic acid groups (broad SMARTS) is 1. The Morgan fingerprint density at radius 3 is 2.35 bits per heavy atom. The number of sulfonamides is 1. The van der Waals surface area contributed by atoms with Crippen molar-refractivity contribution in [2.45, 2.75) is 46.1 Å². The minimum Gasteiger partial charge on any atom is -0.480 e. The van der Waals surface area contributed by atoms with Gasteiger partial charge in [-0.15, -0.1) is 0 Å². The normalized spacial score (nSPS) is 13.2. The quantitative estimate of drug-likeness (QED) is 0.569. The predicted molar refractivity (Wildman–Crippen MR) is 75.8 cm³/mol. The van der Waals surface area contributed by atoms with E-state index in [1.54, 1.807) is 0 Å². The predicted octanol–water partition coefficient (Wildman–Crippen LogP) is 0.418. The Kier molecular flexibility index (Phi) is 8.40. The van der Waals surface area contributed by atoms with E-state index < -0.39 is 22.0 Å². The molecule has 0 aromatic rings. The molecule has 0 saturated heterocycles. The van der Waals surface area contributed by atoms with Crippen LogP contribution in [0.1, 0.15) is 40.0 Å². The van der Waals surface area contributed by atoms with Crippen molar-refractivity contribution in [2.75, 3.05) is 18.8 Å². The first-order valence-corrected chi connectivity index (χ1v) is 8.30. The van der Waals surface area contributed by atoms with Gasteiger partial charge in [0.1, 0.15) is 6.04 Å². The first-order chi connectivity index (χ1) is 9.22. The van der Waals surface area contributed by atoms with Crippen LogP contribution in [0, 0.1) is 0 Å². The number of unbranched alkanes of at least 4 members (excludes halogenated alkanes) is 2. The summed E-state index contributed by atoms with van der Waals surface area (Å²) in [5.41, 5.74) is 0. The molecule has 1 unspecified atom stereocenters. The van der Waals surface area contributed by atoms with Gasteiger partial charge in [0.2, 0.25) is 15.9 Å². The molecule has 0 rings (SSSR count). The highest BCUT2D eigenvalue weighted by molar-refractivity contribution is 7.89. The number of aliphatic carboxylic acids is 1. The largest absolute Gasteiger partial charge is 0.480 e. The lowest BCUT2D eigenvalue weighted by Gasteiger charge is -2.25.